The lowest BCUT2D eigenvalue weighted by atomic mass is 9.96. The van der Waals surface area contributed by atoms with Gasteiger partial charge in [0, 0.05) is 32.2 Å². The summed E-state index contributed by atoms with van der Waals surface area (Å²) in [6, 6.07) is 0. The van der Waals surface area contributed by atoms with Gasteiger partial charge in [-0.1, -0.05) is 52.4 Å². The van der Waals surface area contributed by atoms with Crippen LogP contribution in [-0.4, -0.2) is 51.2 Å². The highest BCUT2D eigenvalue weighted by Crippen LogP contribution is 2.25. The van der Waals surface area contributed by atoms with E-state index in [9.17, 15) is 0 Å². The third kappa shape index (κ3) is 10.9. The molecule has 3 atom stereocenters. The second-order valence-electron chi connectivity index (χ2n) is 8.40. The molecular weight excluding hydrogens is 380 g/mol. The lowest BCUT2D eigenvalue weighted by Crippen LogP contribution is -2.43. The van der Waals surface area contributed by atoms with Crippen molar-refractivity contribution in [1.82, 2.24) is 0 Å². The molecule has 0 aromatic carbocycles. The maximum atomic E-state index is 6.12. The molecule has 0 N–H and O–H groups in total. The quantitative estimate of drug-likeness (QED) is 0.154. The molecule has 1 heterocycles. The monoisotopic (exact) mass is 430 g/mol. The smallest absolute Gasteiger partial charge is 0.282 e. The Morgan fingerprint density at radius 3 is 1.83 bits per heavy atom. The van der Waals surface area contributed by atoms with Gasteiger partial charge in [-0.15, -0.1) is 0 Å². The lowest BCUT2D eigenvalue weighted by Gasteiger charge is -2.36. The molecule has 30 heavy (non-hydrogen) atoms. The molecule has 0 aromatic rings. The predicted molar refractivity (Wildman–Crippen MR) is 123 cm³/mol. The zero-order chi connectivity index (χ0) is 22.1. The summed E-state index contributed by atoms with van der Waals surface area (Å²) in [5.41, 5.74) is 0. The van der Waals surface area contributed by atoms with Crippen molar-refractivity contribution in [2.45, 2.75) is 123 Å². The van der Waals surface area contributed by atoms with Gasteiger partial charge in [0.25, 0.3) is 5.97 Å². The normalized spacial score (nSPS) is 20.3. The Kier molecular flexibility index (Phi) is 16.1. The fourth-order valence-corrected chi connectivity index (χ4v) is 4.17. The van der Waals surface area contributed by atoms with Gasteiger partial charge in [0.2, 0.25) is 0 Å². The Hall–Kier alpha value is -0.200. The fourth-order valence-electron chi connectivity index (χ4n) is 4.17. The third-order valence-electron chi connectivity index (χ3n) is 6.13. The van der Waals surface area contributed by atoms with Crippen LogP contribution in [-0.2, 0) is 23.7 Å². The van der Waals surface area contributed by atoms with E-state index in [0.29, 0.717) is 37.9 Å². The predicted octanol–water partition coefficient (Wildman–Crippen LogP) is 6.48. The van der Waals surface area contributed by atoms with Crippen LogP contribution in [0.1, 0.15) is 105 Å². The van der Waals surface area contributed by atoms with E-state index in [4.69, 9.17) is 23.7 Å². The summed E-state index contributed by atoms with van der Waals surface area (Å²) in [5, 5.41) is 0. The lowest BCUT2D eigenvalue weighted by molar-refractivity contribution is -0.380. The standard InChI is InChI=1S/C25H50O5/c1-6-22-20-27-24(22)21-26-23(7-2)18-16-14-12-11-13-15-17-19-25(28-8-3,29-9-4)30-10-5/h22-24H,6-21H2,1-5H3. The Balaban J connectivity index is 2.04. The van der Waals surface area contributed by atoms with Gasteiger partial charge in [0.1, 0.15) is 0 Å². The first kappa shape index (κ1) is 27.8. The summed E-state index contributed by atoms with van der Waals surface area (Å²) in [7, 11) is 0. The zero-order valence-corrected chi connectivity index (χ0v) is 20.6. The van der Waals surface area contributed by atoms with Crippen LogP contribution in [0.3, 0.4) is 0 Å². The van der Waals surface area contributed by atoms with Crippen LogP contribution in [0.25, 0.3) is 0 Å². The van der Waals surface area contributed by atoms with Crippen LogP contribution >= 0.6 is 0 Å². The SMILES string of the molecule is CCOC(CCCCCCCCCC(CC)OCC1OCC1CC)(OCC)OCC. The van der Waals surface area contributed by atoms with E-state index < -0.39 is 5.97 Å². The van der Waals surface area contributed by atoms with E-state index in [1.54, 1.807) is 0 Å². The van der Waals surface area contributed by atoms with Crippen molar-refractivity contribution >= 4 is 0 Å². The van der Waals surface area contributed by atoms with Crippen LogP contribution in [0.2, 0.25) is 0 Å². The van der Waals surface area contributed by atoms with Gasteiger partial charge in [-0.25, -0.2) is 0 Å². The Morgan fingerprint density at radius 2 is 1.37 bits per heavy atom. The minimum Gasteiger partial charge on any atom is -0.376 e. The molecule has 1 saturated heterocycles. The molecule has 0 bridgehead atoms. The number of unbranched alkanes of at least 4 members (excludes halogenated alkanes) is 6. The molecule has 1 aliphatic rings. The summed E-state index contributed by atoms with van der Waals surface area (Å²) >= 11 is 0. The maximum Gasteiger partial charge on any atom is 0.282 e. The van der Waals surface area contributed by atoms with E-state index >= 15 is 0 Å². The largest absolute Gasteiger partial charge is 0.376 e. The van der Waals surface area contributed by atoms with Crippen molar-refractivity contribution in [1.29, 1.82) is 0 Å². The van der Waals surface area contributed by atoms with E-state index in [-0.39, 0.29) is 0 Å². The molecule has 0 aliphatic carbocycles. The molecule has 180 valence electrons. The molecule has 5 nitrogen and oxygen atoms in total. The van der Waals surface area contributed by atoms with Gasteiger partial charge in [0.05, 0.1) is 25.4 Å². The minimum absolute atomic E-state index is 0.343. The van der Waals surface area contributed by atoms with Crippen molar-refractivity contribution in [2.75, 3.05) is 33.0 Å². The van der Waals surface area contributed by atoms with Crippen molar-refractivity contribution in [3.63, 3.8) is 0 Å². The number of hydrogen-bond acceptors (Lipinski definition) is 5. The molecule has 1 aliphatic heterocycles. The van der Waals surface area contributed by atoms with E-state index in [2.05, 4.69) is 13.8 Å². The Morgan fingerprint density at radius 1 is 0.800 bits per heavy atom. The van der Waals surface area contributed by atoms with Crippen LogP contribution in [0.15, 0.2) is 0 Å². The van der Waals surface area contributed by atoms with Crippen molar-refractivity contribution in [2.24, 2.45) is 5.92 Å². The fraction of sp³-hybridized carbons (Fsp3) is 1.00. The summed E-state index contributed by atoms with van der Waals surface area (Å²) in [5.74, 6) is -0.127. The van der Waals surface area contributed by atoms with Gasteiger partial charge in [-0.2, -0.15) is 0 Å². The molecule has 1 rings (SSSR count). The highest BCUT2D eigenvalue weighted by molar-refractivity contribution is 4.77. The van der Waals surface area contributed by atoms with Gasteiger partial charge >= 0.3 is 0 Å². The van der Waals surface area contributed by atoms with Crippen molar-refractivity contribution in [3.05, 3.63) is 0 Å². The first-order chi connectivity index (χ1) is 14.6. The molecule has 5 heteroatoms. The van der Waals surface area contributed by atoms with Crippen LogP contribution < -0.4 is 0 Å². The van der Waals surface area contributed by atoms with E-state index in [0.717, 1.165) is 32.5 Å². The topological polar surface area (TPSA) is 46.2 Å². The summed E-state index contributed by atoms with van der Waals surface area (Å²) < 4.78 is 29.1. The highest BCUT2D eigenvalue weighted by atomic mass is 16.9. The Bertz CT molecular complexity index is 371. The average molecular weight is 431 g/mol. The first-order valence-corrected chi connectivity index (χ1v) is 12.8. The second-order valence-corrected chi connectivity index (χ2v) is 8.40. The summed E-state index contributed by atoms with van der Waals surface area (Å²) in [4.78, 5) is 0. The molecule has 0 amide bonds. The van der Waals surface area contributed by atoms with Gasteiger partial charge in [-0.05, 0) is 46.5 Å². The van der Waals surface area contributed by atoms with E-state index in [1.165, 1.54) is 51.4 Å². The number of hydrogen-bond donors (Lipinski definition) is 0. The van der Waals surface area contributed by atoms with Gasteiger partial charge in [-0.3, -0.25) is 0 Å². The minimum atomic E-state index is -0.838. The van der Waals surface area contributed by atoms with Crippen molar-refractivity contribution in [3.8, 4) is 0 Å². The maximum absolute atomic E-state index is 6.12. The molecular formula is C25H50O5. The molecule has 1 fully saturated rings. The molecule has 0 spiro atoms. The Labute approximate surface area is 186 Å². The average Bonchev–Trinajstić information content (AvgIpc) is 2.71. The highest BCUT2D eigenvalue weighted by Gasteiger charge is 2.32. The molecule has 3 unspecified atom stereocenters. The second kappa shape index (κ2) is 17.4. The van der Waals surface area contributed by atoms with Crippen molar-refractivity contribution < 1.29 is 23.7 Å². The first-order valence-electron chi connectivity index (χ1n) is 12.8. The zero-order valence-electron chi connectivity index (χ0n) is 20.6. The summed E-state index contributed by atoms with van der Waals surface area (Å²) in [6.45, 7) is 14.0. The van der Waals surface area contributed by atoms with Gasteiger partial charge < -0.3 is 23.7 Å². The van der Waals surface area contributed by atoms with Crippen LogP contribution in [0.4, 0.5) is 0 Å². The number of ether oxygens (including phenoxy) is 5. The number of rotatable bonds is 21. The molecule has 0 saturated carbocycles. The van der Waals surface area contributed by atoms with Crippen LogP contribution in [0.5, 0.6) is 0 Å². The molecule has 0 aromatic heterocycles. The third-order valence-corrected chi connectivity index (χ3v) is 6.13. The molecule has 0 radical (unpaired) electrons. The van der Waals surface area contributed by atoms with Gasteiger partial charge in [0.15, 0.2) is 0 Å². The van der Waals surface area contributed by atoms with Crippen LogP contribution in [0, 0.1) is 5.92 Å². The van der Waals surface area contributed by atoms with E-state index in [1.807, 2.05) is 20.8 Å². The summed E-state index contributed by atoms with van der Waals surface area (Å²) in [6.07, 6.45) is 13.8.